The van der Waals surface area contributed by atoms with Crippen molar-refractivity contribution in [1.29, 1.82) is 0 Å². The zero-order chi connectivity index (χ0) is 22.4. The molecule has 5 rings (SSSR count). The molecule has 0 amide bonds. The van der Waals surface area contributed by atoms with Gasteiger partial charge in [0.05, 0.1) is 26.9 Å². The largest absolute Gasteiger partial charge is 0.457 e. The van der Waals surface area contributed by atoms with Gasteiger partial charge in [0.25, 0.3) is 5.56 Å². The van der Waals surface area contributed by atoms with Crippen molar-refractivity contribution < 1.29 is 9.53 Å². The van der Waals surface area contributed by atoms with E-state index >= 15 is 0 Å². The van der Waals surface area contributed by atoms with Crippen molar-refractivity contribution in [3.8, 4) is 11.5 Å². The van der Waals surface area contributed by atoms with Gasteiger partial charge in [0.2, 0.25) is 0 Å². The normalized spacial score (nSPS) is 11.5. The van der Waals surface area contributed by atoms with Gasteiger partial charge in [-0.2, -0.15) is 0 Å². The third-order valence-electron chi connectivity index (χ3n) is 5.31. The maximum atomic E-state index is 13.4. The van der Waals surface area contributed by atoms with Crippen LogP contribution in [-0.2, 0) is 0 Å². The number of para-hydroxylation sites is 1. The van der Waals surface area contributed by atoms with Crippen LogP contribution in [0.25, 0.3) is 21.9 Å². The lowest BCUT2D eigenvalue weighted by atomic mass is 10.0. The molecule has 0 aliphatic heterocycles. The molecule has 7 nitrogen and oxygen atoms in total. The van der Waals surface area contributed by atoms with Crippen molar-refractivity contribution in [1.82, 2.24) is 19.7 Å². The molecule has 0 atom stereocenters. The topological polar surface area (TPSA) is 92.8 Å². The van der Waals surface area contributed by atoms with Crippen LogP contribution in [0, 0.1) is 0 Å². The summed E-state index contributed by atoms with van der Waals surface area (Å²) in [6.45, 7) is 3.81. The average molecular weight is 447 g/mol. The highest BCUT2D eigenvalue weighted by molar-refractivity contribution is 6.36. The summed E-state index contributed by atoms with van der Waals surface area (Å²) in [7, 11) is 0. The number of carbonyl (C=O) groups excluding carboxylic acids is 1. The molecule has 32 heavy (non-hydrogen) atoms. The fourth-order valence-electron chi connectivity index (χ4n) is 3.73. The summed E-state index contributed by atoms with van der Waals surface area (Å²) in [6, 6.07) is 14.2. The highest BCUT2D eigenvalue weighted by Crippen LogP contribution is 2.31. The molecule has 3 heterocycles. The van der Waals surface area contributed by atoms with Gasteiger partial charge in [-0.3, -0.25) is 14.7 Å². The third-order valence-corrected chi connectivity index (χ3v) is 5.62. The molecule has 0 bridgehead atoms. The maximum Gasteiger partial charge on any atom is 0.276 e. The van der Waals surface area contributed by atoms with Crippen LogP contribution in [0.4, 0.5) is 0 Å². The first-order chi connectivity index (χ1) is 15.4. The Morgan fingerprint density at radius 3 is 2.59 bits per heavy atom. The van der Waals surface area contributed by atoms with Crippen LogP contribution in [0.15, 0.2) is 65.7 Å². The lowest BCUT2D eigenvalue weighted by molar-refractivity contribution is 0.104. The van der Waals surface area contributed by atoms with Crippen molar-refractivity contribution in [2.75, 3.05) is 0 Å². The first-order valence-electron chi connectivity index (χ1n) is 10.1. The van der Waals surface area contributed by atoms with Crippen LogP contribution in [0.3, 0.4) is 0 Å². The van der Waals surface area contributed by atoms with E-state index in [4.69, 9.17) is 16.3 Å². The minimum Gasteiger partial charge on any atom is -0.457 e. The van der Waals surface area contributed by atoms with E-state index in [0.29, 0.717) is 44.6 Å². The average Bonchev–Trinajstić information content (AvgIpc) is 3.35. The Bertz CT molecular complexity index is 1530. The Labute approximate surface area is 187 Å². The first-order valence-corrected chi connectivity index (χ1v) is 10.5. The number of ether oxygens (including phenoxy) is 1. The summed E-state index contributed by atoms with van der Waals surface area (Å²) in [5.41, 5.74) is 1.62. The number of carbonyl (C=O) groups is 1. The number of nitrogens with one attached hydrogen (secondary N) is 2. The summed E-state index contributed by atoms with van der Waals surface area (Å²) >= 11 is 6.46. The molecule has 0 aliphatic rings. The Balaban J connectivity index is 1.58. The second kappa shape index (κ2) is 7.69. The number of ketones is 1. The van der Waals surface area contributed by atoms with Crippen LogP contribution >= 0.6 is 11.6 Å². The zero-order valence-corrected chi connectivity index (χ0v) is 18.1. The van der Waals surface area contributed by atoms with Gasteiger partial charge in [-0.15, -0.1) is 0 Å². The number of hydrogen-bond acceptors (Lipinski definition) is 4. The molecule has 0 fully saturated rings. The predicted octanol–water partition coefficient (Wildman–Crippen LogP) is 5.46. The van der Waals surface area contributed by atoms with E-state index in [9.17, 15) is 9.59 Å². The van der Waals surface area contributed by atoms with Gasteiger partial charge < -0.3 is 9.72 Å². The van der Waals surface area contributed by atoms with Crippen LogP contribution in [0.2, 0.25) is 5.02 Å². The van der Waals surface area contributed by atoms with Gasteiger partial charge in [-0.1, -0.05) is 29.8 Å². The van der Waals surface area contributed by atoms with E-state index in [2.05, 4.69) is 15.1 Å². The first kappa shape index (κ1) is 20.1. The van der Waals surface area contributed by atoms with E-state index in [1.165, 1.54) is 10.9 Å². The number of H-pyrrole nitrogens is 2. The van der Waals surface area contributed by atoms with Crippen molar-refractivity contribution in [3.05, 3.63) is 87.4 Å². The summed E-state index contributed by atoms with van der Waals surface area (Å²) in [5, 5.41) is 4.39. The second-order valence-electron chi connectivity index (χ2n) is 7.74. The van der Waals surface area contributed by atoms with Gasteiger partial charge in [-0.25, -0.2) is 9.67 Å². The monoisotopic (exact) mass is 446 g/mol. The van der Waals surface area contributed by atoms with Crippen molar-refractivity contribution >= 4 is 39.3 Å². The molecule has 0 unspecified atom stereocenters. The lowest BCUT2D eigenvalue weighted by Crippen LogP contribution is -2.18. The quantitative estimate of drug-likeness (QED) is 0.350. The number of fused-ring (bicyclic) bond motifs is 3. The van der Waals surface area contributed by atoms with Crippen LogP contribution in [0.5, 0.6) is 11.5 Å². The summed E-state index contributed by atoms with van der Waals surface area (Å²) < 4.78 is 7.32. The molecule has 2 N–H and O–H groups in total. The number of pyridine rings is 1. The molecule has 5 aromatic rings. The Kier molecular flexibility index (Phi) is 4.83. The molecule has 0 saturated heterocycles. The molecular weight excluding hydrogens is 428 g/mol. The minimum atomic E-state index is -0.278. The second-order valence-corrected chi connectivity index (χ2v) is 8.15. The standard InChI is InChI=1S/C24H19ClN4O3/c1-13(2)29-24(31)18-12-27-23-20(21(18)28-29)17(11-26-23)22(30)16-9-8-15(10-19(16)25)32-14-6-4-3-5-7-14/h3-13,28H,1-2H3,(H,26,27). The zero-order valence-electron chi connectivity index (χ0n) is 17.3. The Morgan fingerprint density at radius 1 is 1.09 bits per heavy atom. The number of hydrogen-bond donors (Lipinski definition) is 2. The highest BCUT2D eigenvalue weighted by Gasteiger charge is 2.22. The summed E-state index contributed by atoms with van der Waals surface area (Å²) in [6.07, 6.45) is 3.11. The molecular formula is C24H19ClN4O3. The van der Waals surface area contributed by atoms with Crippen LogP contribution < -0.4 is 10.3 Å². The number of rotatable bonds is 5. The molecule has 2 aromatic carbocycles. The molecule has 8 heteroatoms. The van der Waals surface area contributed by atoms with E-state index in [0.717, 1.165) is 0 Å². The summed E-state index contributed by atoms with van der Waals surface area (Å²) in [4.78, 5) is 33.4. The predicted molar refractivity (Wildman–Crippen MR) is 124 cm³/mol. The highest BCUT2D eigenvalue weighted by atomic mass is 35.5. The molecule has 0 aliphatic carbocycles. The SMILES string of the molecule is CC(C)n1[nH]c2c(cnc3[nH]cc(C(=O)c4ccc(Oc5ccccc5)cc4Cl)c32)c1=O. The molecule has 0 saturated carbocycles. The van der Waals surface area contributed by atoms with Crippen molar-refractivity contribution in [2.24, 2.45) is 0 Å². The molecule has 160 valence electrons. The number of aromatic amines is 2. The van der Waals surface area contributed by atoms with Gasteiger partial charge in [0.15, 0.2) is 5.78 Å². The summed E-state index contributed by atoms with van der Waals surface area (Å²) in [5.74, 6) is 0.922. The van der Waals surface area contributed by atoms with Crippen LogP contribution in [-0.4, -0.2) is 25.5 Å². The Hall–Kier alpha value is -3.84. The smallest absolute Gasteiger partial charge is 0.276 e. The number of nitrogens with zero attached hydrogens (tertiary/aromatic N) is 2. The van der Waals surface area contributed by atoms with Gasteiger partial charge >= 0.3 is 0 Å². The van der Waals surface area contributed by atoms with Gasteiger partial charge in [0, 0.05) is 30.1 Å². The van der Waals surface area contributed by atoms with Gasteiger partial charge in [0.1, 0.15) is 17.1 Å². The minimum absolute atomic E-state index is 0.0605. The third kappa shape index (κ3) is 3.27. The van der Waals surface area contributed by atoms with Crippen molar-refractivity contribution in [3.63, 3.8) is 0 Å². The lowest BCUT2D eigenvalue weighted by Gasteiger charge is -2.08. The molecule has 0 spiro atoms. The maximum absolute atomic E-state index is 13.4. The van der Waals surface area contributed by atoms with Crippen LogP contribution in [0.1, 0.15) is 35.8 Å². The molecule has 3 aromatic heterocycles. The Morgan fingerprint density at radius 2 is 1.88 bits per heavy atom. The molecule has 0 radical (unpaired) electrons. The van der Waals surface area contributed by atoms with E-state index in [1.807, 2.05) is 44.2 Å². The fourth-order valence-corrected chi connectivity index (χ4v) is 3.99. The van der Waals surface area contributed by atoms with Crippen molar-refractivity contribution in [2.45, 2.75) is 19.9 Å². The van der Waals surface area contributed by atoms with Gasteiger partial charge in [-0.05, 0) is 38.1 Å². The number of aromatic nitrogens is 4. The van der Waals surface area contributed by atoms with E-state index in [-0.39, 0.29) is 22.4 Å². The fraction of sp³-hybridized carbons (Fsp3) is 0.125. The number of halogens is 1. The van der Waals surface area contributed by atoms with E-state index < -0.39 is 0 Å². The number of benzene rings is 2. The van der Waals surface area contributed by atoms with E-state index in [1.54, 1.807) is 24.4 Å².